The summed E-state index contributed by atoms with van der Waals surface area (Å²) in [6, 6.07) is 11.9. The van der Waals surface area contributed by atoms with Crippen LogP contribution < -0.4 is 20.3 Å². The Morgan fingerprint density at radius 1 is 1.03 bits per heavy atom. The number of amides is 1. The number of methoxy groups -OCH3 is 2. The van der Waals surface area contributed by atoms with E-state index in [4.69, 9.17) is 14.2 Å². The van der Waals surface area contributed by atoms with E-state index in [1.807, 2.05) is 0 Å². The van der Waals surface area contributed by atoms with Crippen LogP contribution >= 0.6 is 0 Å². The molecule has 0 atom stereocenters. The molecule has 3 rings (SSSR count). The molecule has 30 heavy (non-hydrogen) atoms. The summed E-state index contributed by atoms with van der Waals surface area (Å²) in [4.78, 5) is 36.7. The highest BCUT2D eigenvalue weighted by Gasteiger charge is 2.18. The van der Waals surface area contributed by atoms with Gasteiger partial charge in [-0.1, -0.05) is 24.3 Å². The van der Waals surface area contributed by atoms with E-state index in [2.05, 4.69) is 10.4 Å². The van der Waals surface area contributed by atoms with E-state index >= 15 is 0 Å². The Labute approximate surface area is 172 Å². The lowest BCUT2D eigenvalue weighted by atomic mass is 10.1. The van der Waals surface area contributed by atoms with Gasteiger partial charge < -0.3 is 19.5 Å². The molecule has 2 aromatic carbocycles. The van der Waals surface area contributed by atoms with Crippen LogP contribution in [0.4, 0.5) is 0 Å². The summed E-state index contributed by atoms with van der Waals surface area (Å²) in [7, 11) is 4.51. The summed E-state index contributed by atoms with van der Waals surface area (Å²) in [5.74, 6) is -0.142. The van der Waals surface area contributed by atoms with Gasteiger partial charge in [-0.05, 0) is 23.8 Å². The highest BCUT2D eigenvalue weighted by Crippen LogP contribution is 2.27. The number of rotatable bonds is 7. The first kappa shape index (κ1) is 20.8. The highest BCUT2D eigenvalue weighted by atomic mass is 16.5. The second-order valence-electron chi connectivity index (χ2n) is 6.37. The number of carbonyl (C=O) groups is 2. The number of benzene rings is 2. The van der Waals surface area contributed by atoms with Crippen LogP contribution in [0.25, 0.3) is 10.8 Å². The van der Waals surface area contributed by atoms with Gasteiger partial charge in [0, 0.05) is 19.0 Å². The molecule has 0 saturated carbocycles. The van der Waals surface area contributed by atoms with E-state index in [0.717, 1.165) is 10.2 Å². The molecule has 156 valence electrons. The van der Waals surface area contributed by atoms with Gasteiger partial charge in [0.05, 0.1) is 19.6 Å². The number of nitrogens with one attached hydrogen (secondary N) is 1. The molecule has 3 aromatic rings. The average Bonchev–Trinajstić information content (AvgIpc) is 2.78. The molecule has 0 fully saturated rings. The van der Waals surface area contributed by atoms with Crippen LogP contribution in [0.5, 0.6) is 11.5 Å². The van der Waals surface area contributed by atoms with Crippen LogP contribution in [0.1, 0.15) is 16.1 Å². The van der Waals surface area contributed by atoms with Crippen LogP contribution in [0.3, 0.4) is 0 Å². The maximum Gasteiger partial charge on any atom is 0.359 e. The van der Waals surface area contributed by atoms with Crippen molar-refractivity contribution in [2.75, 3.05) is 20.8 Å². The number of hydrogen-bond donors (Lipinski definition) is 1. The fraction of sp³-hybridized carbons (Fsp3) is 0.238. The second kappa shape index (κ2) is 9.08. The molecular weight excluding hydrogens is 390 g/mol. The molecule has 1 amide bonds. The summed E-state index contributed by atoms with van der Waals surface area (Å²) in [5, 5.41) is 7.36. The molecule has 0 aliphatic carbocycles. The summed E-state index contributed by atoms with van der Waals surface area (Å²) < 4.78 is 16.6. The monoisotopic (exact) mass is 411 g/mol. The normalized spacial score (nSPS) is 10.5. The van der Waals surface area contributed by atoms with Crippen molar-refractivity contribution >= 4 is 22.6 Å². The van der Waals surface area contributed by atoms with Crippen molar-refractivity contribution < 1.29 is 23.8 Å². The van der Waals surface area contributed by atoms with E-state index in [9.17, 15) is 14.4 Å². The maximum atomic E-state index is 12.4. The topological polar surface area (TPSA) is 109 Å². The van der Waals surface area contributed by atoms with Crippen LogP contribution in [-0.4, -0.2) is 42.5 Å². The third-order valence-electron chi connectivity index (χ3n) is 4.42. The molecular formula is C21H21N3O6. The molecule has 9 nitrogen and oxygen atoms in total. The van der Waals surface area contributed by atoms with E-state index in [1.165, 1.54) is 21.3 Å². The summed E-state index contributed by atoms with van der Waals surface area (Å²) in [5.41, 5.74) is 0.438. The number of aryl methyl sites for hydroxylation is 1. The molecule has 9 heteroatoms. The summed E-state index contributed by atoms with van der Waals surface area (Å²) >= 11 is 0. The van der Waals surface area contributed by atoms with Crippen LogP contribution in [0, 0.1) is 0 Å². The number of aromatic nitrogens is 2. The zero-order chi connectivity index (χ0) is 21.7. The minimum Gasteiger partial charge on any atom is -0.493 e. The lowest BCUT2D eigenvalue weighted by Crippen LogP contribution is -2.29. The Kier molecular flexibility index (Phi) is 6.31. The summed E-state index contributed by atoms with van der Waals surface area (Å²) in [6.45, 7) is -0.261. The van der Waals surface area contributed by atoms with E-state index in [1.54, 1.807) is 42.5 Å². The molecule has 1 heterocycles. The van der Waals surface area contributed by atoms with Crippen LogP contribution in [-0.2, 0) is 23.1 Å². The Morgan fingerprint density at radius 2 is 1.73 bits per heavy atom. The maximum absolute atomic E-state index is 12.4. The van der Waals surface area contributed by atoms with Gasteiger partial charge >= 0.3 is 5.97 Å². The Bertz CT molecular complexity index is 1160. The van der Waals surface area contributed by atoms with Gasteiger partial charge in [-0.3, -0.25) is 9.59 Å². The second-order valence-corrected chi connectivity index (χ2v) is 6.37. The molecule has 0 saturated heterocycles. The zero-order valence-electron chi connectivity index (χ0n) is 16.8. The van der Waals surface area contributed by atoms with Crippen molar-refractivity contribution in [2.24, 2.45) is 7.05 Å². The van der Waals surface area contributed by atoms with Crippen LogP contribution in [0.15, 0.2) is 47.3 Å². The molecule has 0 unspecified atom stereocenters. The smallest absolute Gasteiger partial charge is 0.359 e. The number of ether oxygens (including phenoxy) is 3. The standard InChI is InChI=1S/C21H21N3O6/c1-24-20(26)15-7-5-4-6-14(15)19(23-24)21(27)30-12-18(25)22-11-13-8-9-16(28-2)17(10-13)29-3/h4-10H,11-12H2,1-3H3,(H,22,25). The first-order chi connectivity index (χ1) is 14.4. The number of esters is 1. The molecule has 0 aliphatic heterocycles. The fourth-order valence-electron chi connectivity index (χ4n) is 2.89. The minimum atomic E-state index is -0.789. The zero-order valence-corrected chi connectivity index (χ0v) is 16.8. The molecule has 0 radical (unpaired) electrons. The average molecular weight is 411 g/mol. The highest BCUT2D eigenvalue weighted by molar-refractivity contribution is 6.02. The number of hydrogen-bond acceptors (Lipinski definition) is 7. The lowest BCUT2D eigenvalue weighted by molar-refractivity contribution is -0.124. The van der Waals surface area contributed by atoms with Crippen molar-refractivity contribution in [1.82, 2.24) is 15.1 Å². The molecule has 1 aromatic heterocycles. The van der Waals surface area contributed by atoms with Gasteiger partial charge in [-0.15, -0.1) is 0 Å². The Hall–Kier alpha value is -3.88. The van der Waals surface area contributed by atoms with E-state index in [0.29, 0.717) is 22.3 Å². The summed E-state index contributed by atoms with van der Waals surface area (Å²) in [6.07, 6.45) is 0. The molecule has 0 bridgehead atoms. The Balaban J connectivity index is 1.63. The predicted octanol–water partition coefficient (Wildman–Crippen LogP) is 1.42. The van der Waals surface area contributed by atoms with Gasteiger partial charge in [0.15, 0.2) is 23.8 Å². The van der Waals surface area contributed by atoms with Crippen molar-refractivity contribution in [3.8, 4) is 11.5 Å². The van der Waals surface area contributed by atoms with Gasteiger partial charge in [0.25, 0.3) is 11.5 Å². The van der Waals surface area contributed by atoms with Crippen molar-refractivity contribution in [3.05, 3.63) is 64.1 Å². The minimum absolute atomic E-state index is 0.0274. The largest absolute Gasteiger partial charge is 0.493 e. The van der Waals surface area contributed by atoms with Gasteiger partial charge in [-0.25, -0.2) is 9.48 Å². The first-order valence-corrected chi connectivity index (χ1v) is 9.05. The Morgan fingerprint density at radius 3 is 2.43 bits per heavy atom. The third-order valence-corrected chi connectivity index (χ3v) is 4.42. The number of fused-ring (bicyclic) bond motifs is 1. The van der Waals surface area contributed by atoms with Crippen molar-refractivity contribution in [1.29, 1.82) is 0 Å². The van der Waals surface area contributed by atoms with Gasteiger partial charge in [-0.2, -0.15) is 5.10 Å². The molecule has 0 aliphatic rings. The number of nitrogens with zero attached hydrogens (tertiary/aromatic N) is 2. The lowest BCUT2D eigenvalue weighted by Gasteiger charge is -2.11. The molecule has 1 N–H and O–H groups in total. The quantitative estimate of drug-likeness (QED) is 0.586. The number of carbonyl (C=O) groups excluding carboxylic acids is 2. The predicted molar refractivity (Wildman–Crippen MR) is 109 cm³/mol. The van der Waals surface area contributed by atoms with E-state index in [-0.39, 0.29) is 17.8 Å². The molecule has 0 spiro atoms. The first-order valence-electron chi connectivity index (χ1n) is 9.05. The van der Waals surface area contributed by atoms with Crippen LogP contribution in [0.2, 0.25) is 0 Å². The SMILES string of the molecule is COc1ccc(CNC(=O)COC(=O)c2nn(C)c(=O)c3ccccc23)cc1OC. The third kappa shape index (κ3) is 4.40. The van der Waals surface area contributed by atoms with E-state index < -0.39 is 18.5 Å². The van der Waals surface area contributed by atoms with Gasteiger partial charge in [0.2, 0.25) is 0 Å². The van der Waals surface area contributed by atoms with Crippen molar-refractivity contribution in [3.63, 3.8) is 0 Å². The van der Waals surface area contributed by atoms with Gasteiger partial charge in [0.1, 0.15) is 0 Å². The fourth-order valence-corrected chi connectivity index (χ4v) is 2.89. The van der Waals surface area contributed by atoms with Crippen molar-refractivity contribution in [2.45, 2.75) is 6.54 Å².